The number of aliphatic imine (C=N–C) groups is 2. The van der Waals surface area contributed by atoms with Crippen LogP contribution < -0.4 is 5.32 Å². The molecule has 0 bridgehead atoms. The Balaban J connectivity index is 1.61. The van der Waals surface area contributed by atoms with Crippen molar-refractivity contribution >= 4 is 40.9 Å². The normalized spacial score (nSPS) is 17.5. The molecule has 3 aromatic rings. The first-order valence-electron chi connectivity index (χ1n) is 10.3. The van der Waals surface area contributed by atoms with Gasteiger partial charge in [-0.05, 0) is 42.7 Å². The fraction of sp³-hybridized carbons (Fsp3) is 0.364. The highest BCUT2D eigenvalue weighted by atomic mass is 35.5. The van der Waals surface area contributed by atoms with E-state index in [0.717, 1.165) is 59.9 Å². The number of fused-ring (bicyclic) bond motifs is 1. The summed E-state index contributed by atoms with van der Waals surface area (Å²) in [6.45, 7) is 7.98. The largest absolute Gasteiger partial charge is 0.354 e. The molecule has 0 unspecified atom stereocenters. The van der Waals surface area contributed by atoms with Crippen LogP contribution in [0.2, 0.25) is 5.02 Å². The summed E-state index contributed by atoms with van der Waals surface area (Å²) in [5, 5.41) is 5.03. The molecule has 1 aliphatic carbocycles. The second-order valence-electron chi connectivity index (χ2n) is 7.76. The molecule has 0 amide bonds. The van der Waals surface area contributed by atoms with Crippen molar-refractivity contribution in [2.45, 2.75) is 25.3 Å². The second-order valence-corrected chi connectivity index (χ2v) is 8.17. The van der Waals surface area contributed by atoms with E-state index in [1.807, 2.05) is 12.3 Å². The second kappa shape index (κ2) is 8.16. The number of aromatic amines is 1. The molecule has 0 spiro atoms. The summed E-state index contributed by atoms with van der Waals surface area (Å²) in [5.41, 5.74) is 4.95. The lowest BCUT2D eigenvalue weighted by atomic mass is 10.0. The Labute approximate surface area is 180 Å². The Kier molecular flexibility index (Phi) is 5.23. The first kappa shape index (κ1) is 19.2. The number of hydrogen-bond donors (Lipinski definition) is 2. The van der Waals surface area contributed by atoms with Crippen molar-refractivity contribution in [2.24, 2.45) is 9.98 Å². The monoisotopic (exact) mass is 421 g/mol. The van der Waals surface area contributed by atoms with Gasteiger partial charge in [-0.25, -0.2) is 4.98 Å². The van der Waals surface area contributed by atoms with Crippen molar-refractivity contribution in [3.63, 3.8) is 0 Å². The van der Waals surface area contributed by atoms with Gasteiger partial charge in [0.25, 0.3) is 0 Å². The molecule has 0 atom stereocenters. The maximum absolute atomic E-state index is 6.41. The summed E-state index contributed by atoms with van der Waals surface area (Å²) in [7, 11) is 0. The number of aromatic nitrogens is 3. The number of piperazine rings is 1. The van der Waals surface area contributed by atoms with E-state index in [1.54, 1.807) is 18.6 Å². The van der Waals surface area contributed by atoms with Crippen LogP contribution in [0.5, 0.6) is 0 Å². The fourth-order valence-electron chi connectivity index (χ4n) is 4.12. The summed E-state index contributed by atoms with van der Waals surface area (Å²) >= 11 is 6.41. The zero-order valence-electron chi connectivity index (χ0n) is 16.7. The Morgan fingerprint density at radius 1 is 1.27 bits per heavy atom. The van der Waals surface area contributed by atoms with Crippen molar-refractivity contribution in [1.82, 2.24) is 25.2 Å². The van der Waals surface area contributed by atoms with E-state index in [0.29, 0.717) is 17.5 Å². The standard InChI is InChI=1S/C22H24ClN7/c1-24-18-13-26-11-16(14-2-3-14)20(18)22(30-8-6-25-7-9-30)29-10-15-4-5-27-21-19(15)17(23)12-28-21/h4-5,11-14,25H,1-3,6-10H2,(H,27,28)/b29-22+. The van der Waals surface area contributed by atoms with Gasteiger partial charge in [0.1, 0.15) is 11.5 Å². The zero-order valence-corrected chi connectivity index (χ0v) is 17.5. The fourth-order valence-corrected chi connectivity index (χ4v) is 4.39. The first-order valence-corrected chi connectivity index (χ1v) is 10.7. The van der Waals surface area contributed by atoms with Gasteiger partial charge in [-0.15, -0.1) is 0 Å². The number of nitrogens with one attached hydrogen (secondary N) is 2. The summed E-state index contributed by atoms with van der Waals surface area (Å²) in [5.74, 6) is 1.51. The number of nitrogens with zero attached hydrogens (tertiary/aromatic N) is 5. The highest BCUT2D eigenvalue weighted by Gasteiger charge is 2.31. The van der Waals surface area contributed by atoms with Crippen LogP contribution >= 0.6 is 11.6 Å². The lowest BCUT2D eigenvalue weighted by Crippen LogP contribution is -2.47. The van der Waals surface area contributed by atoms with Crippen molar-refractivity contribution in [3.05, 3.63) is 52.6 Å². The van der Waals surface area contributed by atoms with Crippen molar-refractivity contribution in [1.29, 1.82) is 0 Å². The Morgan fingerprint density at radius 3 is 2.87 bits per heavy atom. The third-order valence-electron chi connectivity index (χ3n) is 5.79. The number of pyridine rings is 2. The third kappa shape index (κ3) is 3.59. The summed E-state index contributed by atoms with van der Waals surface area (Å²) < 4.78 is 0. The van der Waals surface area contributed by atoms with E-state index in [4.69, 9.17) is 16.6 Å². The number of amidine groups is 1. The van der Waals surface area contributed by atoms with Crippen LogP contribution in [0.4, 0.5) is 5.69 Å². The van der Waals surface area contributed by atoms with Gasteiger partial charge in [0.05, 0.1) is 23.5 Å². The van der Waals surface area contributed by atoms with Crippen LogP contribution in [0, 0.1) is 0 Å². The van der Waals surface area contributed by atoms with Crippen LogP contribution in [-0.2, 0) is 6.54 Å². The predicted octanol–water partition coefficient (Wildman–Crippen LogP) is 3.67. The van der Waals surface area contributed by atoms with Gasteiger partial charge in [-0.2, -0.15) is 0 Å². The van der Waals surface area contributed by atoms with Gasteiger partial charge in [-0.1, -0.05) is 11.6 Å². The Morgan fingerprint density at radius 2 is 2.10 bits per heavy atom. The van der Waals surface area contributed by atoms with Crippen LogP contribution in [0.3, 0.4) is 0 Å². The first-order chi connectivity index (χ1) is 14.8. The smallest absolute Gasteiger partial charge is 0.139 e. The zero-order chi connectivity index (χ0) is 20.5. The molecule has 0 radical (unpaired) electrons. The Bertz CT molecular complexity index is 1110. The number of rotatable bonds is 5. The Hall–Kier alpha value is -2.77. The molecule has 2 fully saturated rings. The average Bonchev–Trinajstić information content (AvgIpc) is 3.57. The lowest BCUT2D eigenvalue weighted by molar-refractivity contribution is 0.357. The van der Waals surface area contributed by atoms with E-state index in [2.05, 4.69) is 36.9 Å². The SMILES string of the molecule is C=Nc1cncc(C2CC2)c1/C(=N\Cc1ccnc2[nH]cc(Cl)c12)N1CCNCC1. The molecular weight excluding hydrogens is 398 g/mol. The molecule has 7 nitrogen and oxygen atoms in total. The van der Waals surface area contributed by atoms with Crippen LogP contribution in [-0.4, -0.2) is 58.6 Å². The molecule has 2 N–H and O–H groups in total. The van der Waals surface area contributed by atoms with Gasteiger partial charge in [0.15, 0.2) is 0 Å². The van der Waals surface area contributed by atoms with E-state index >= 15 is 0 Å². The molecular formula is C22H24ClN7. The molecule has 154 valence electrons. The highest BCUT2D eigenvalue weighted by Crippen LogP contribution is 2.43. The number of halogens is 1. The van der Waals surface area contributed by atoms with Gasteiger partial charge >= 0.3 is 0 Å². The molecule has 0 aromatic carbocycles. The summed E-state index contributed by atoms with van der Waals surface area (Å²) in [6, 6.07) is 1.99. The predicted molar refractivity (Wildman–Crippen MR) is 121 cm³/mol. The minimum absolute atomic E-state index is 0.513. The van der Waals surface area contributed by atoms with Crippen molar-refractivity contribution < 1.29 is 0 Å². The molecule has 4 heterocycles. The minimum atomic E-state index is 0.513. The maximum Gasteiger partial charge on any atom is 0.139 e. The third-order valence-corrected chi connectivity index (χ3v) is 6.09. The highest BCUT2D eigenvalue weighted by molar-refractivity contribution is 6.35. The molecule has 3 aromatic heterocycles. The topological polar surface area (TPSA) is 81.6 Å². The molecule has 1 aliphatic heterocycles. The molecule has 8 heteroatoms. The van der Waals surface area contributed by atoms with Crippen LogP contribution in [0.15, 0.2) is 40.8 Å². The van der Waals surface area contributed by atoms with Gasteiger partial charge in [0, 0.05) is 55.7 Å². The van der Waals surface area contributed by atoms with Gasteiger partial charge < -0.3 is 15.2 Å². The molecule has 1 saturated heterocycles. The summed E-state index contributed by atoms with van der Waals surface area (Å²) in [6.07, 6.45) is 9.72. The minimum Gasteiger partial charge on any atom is -0.354 e. The maximum atomic E-state index is 6.41. The van der Waals surface area contributed by atoms with Gasteiger partial charge in [0.2, 0.25) is 0 Å². The van der Waals surface area contributed by atoms with Gasteiger partial charge in [-0.3, -0.25) is 15.0 Å². The van der Waals surface area contributed by atoms with Crippen molar-refractivity contribution in [2.75, 3.05) is 26.2 Å². The van der Waals surface area contributed by atoms with E-state index in [9.17, 15) is 0 Å². The van der Waals surface area contributed by atoms with Crippen molar-refractivity contribution in [3.8, 4) is 0 Å². The average molecular weight is 422 g/mol. The lowest BCUT2D eigenvalue weighted by Gasteiger charge is -2.32. The molecule has 5 rings (SSSR count). The van der Waals surface area contributed by atoms with Crippen LogP contribution in [0.1, 0.15) is 35.4 Å². The van der Waals surface area contributed by atoms with E-state index in [-0.39, 0.29) is 0 Å². The quantitative estimate of drug-likeness (QED) is 0.486. The van der Waals surface area contributed by atoms with Crippen LogP contribution in [0.25, 0.3) is 11.0 Å². The molecule has 2 aliphatic rings. The van der Waals surface area contributed by atoms with E-state index in [1.165, 1.54) is 18.4 Å². The number of H-pyrrole nitrogens is 1. The molecule has 30 heavy (non-hydrogen) atoms. The molecule has 1 saturated carbocycles. The van der Waals surface area contributed by atoms with E-state index < -0.39 is 0 Å². The number of hydrogen-bond acceptors (Lipinski definition) is 5. The summed E-state index contributed by atoms with van der Waals surface area (Å²) in [4.78, 5) is 23.7.